The Morgan fingerprint density at radius 3 is 2.39 bits per heavy atom. The second-order valence-electron chi connectivity index (χ2n) is 4.86. The van der Waals surface area contributed by atoms with Gasteiger partial charge in [0, 0.05) is 12.2 Å². The second-order valence-corrected chi connectivity index (χ2v) is 4.86. The highest BCUT2D eigenvalue weighted by Gasteiger charge is 2.39. The molecule has 1 saturated heterocycles. The van der Waals surface area contributed by atoms with Gasteiger partial charge in [-0.3, -0.25) is 9.59 Å². The zero-order chi connectivity index (χ0) is 17.8. The van der Waals surface area contributed by atoms with E-state index in [1.54, 1.807) is 0 Å². The molecule has 3 N–H and O–H groups in total. The molecule has 1 aliphatic rings. The Hall–Kier alpha value is -2.09. The third-order valence-electron chi connectivity index (χ3n) is 3.11. The van der Waals surface area contributed by atoms with Crippen LogP contribution in [-0.4, -0.2) is 29.6 Å². The van der Waals surface area contributed by atoms with Crippen molar-refractivity contribution in [3.05, 3.63) is 29.3 Å². The summed E-state index contributed by atoms with van der Waals surface area (Å²) in [7, 11) is 0. The Labute approximate surface area is 131 Å². The van der Waals surface area contributed by atoms with Crippen molar-refractivity contribution in [2.75, 3.05) is 11.9 Å². The number of benzene rings is 1. The highest BCUT2D eigenvalue weighted by atomic mass is 19.4. The summed E-state index contributed by atoms with van der Waals surface area (Å²) >= 11 is 0. The summed E-state index contributed by atoms with van der Waals surface area (Å²) < 4.78 is 38.1. The van der Waals surface area contributed by atoms with E-state index in [0.29, 0.717) is 5.56 Å². The Kier molecular flexibility index (Phi) is 6.14. The molecule has 1 fully saturated rings. The van der Waals surface area contributed by atoms with Crippen molar-refractivity contribution in [1.29, 1.82) is 0 Å². The molecule has 2 amide bonds. The molecule has 0 bridgehead atoms. The fourth-order valence-corrected chi connectivity index (χ4v) is 2.14. The number of hydrogen-bond donors (Lipinski definition) is 3. The first-order chi connectivity index (χ1) is 10.7. The molecule has 0 aliphatic carbocycles. The van der Waals surface area contributed by atoms with E-state index in [-0.39, 0.29) is 12.2 Å². The summed E-state index contributed by atoms with van der Waals surface area (Å²) in [4.78, 5) is 23.3. The predicted molar refractivity (Wildman–Crippen MR) is 78.7 cm³/mol. The molecule has 0 spiro atoms. The molecule has 2 unspecified atom stereocenters. The maximum Gasteiger partial charge on any atom is 0.416 e. The lowest BCUT2D eigenvalue weighted by Gasteiger charge is -2.14. The predicted octanol–water partition coefficient (Wildman–Crippen LogP) is 2.09. The third-order valence-corrected chi connectivity index (χ3v) is 3.11. The van der Waals surface area contributed by atoms with Crippen LogP contribution < -0.4 is 10.6 Å². The zero-order valence-corrected chi connectivity index (χ0v) is 13.0. The highest BCUT2D eigenvalue weighted by molar-refractivity contribution is 6.08. The van der Waals surface area contributed by atoms with E-state index < -0.39 is 35.6 Å². The molecule has 0 saturated carbocycles. The first-order valence-electron chi connectivity index (χ1n) is 7.14. The summed E-state index contributed by atoms with van der Waals surface area (Å²) in [5.74, 6) is -2.81. The average molecular weight is 332 g/mol. The van der Waals surface area contributed by atoms with Gasteiger partial charge in [0.15, 0.2) is 0 Å². The fraction of sp³-hybridized carbons (Fsp3) is 0.467. The number of halogens is 3. The third kappa shape index (κ3) is 4.69. The van der Waals surface area contributed by atoms with Crippen LogP contribution in [0.4, 0.5) is 18.9 Å². The Balaban J connectivity index is 0.00000127. The van der Waals surface area contributed by atoms with Crippen molar-refractivity contribution in [3.8, 4) is 0 Å². The zero-order valence-electron chi connectivity index (χ0n) is 13.0. The number of aryl methyl sites for hydroxylation is 1. The molecule has 5 nitrogen and oxygen atoms in total. The van der Waals surface area contributed by atoms with Gasteiger partial charge in [0.05, 0.1) is 11.7 Å². The quantitative estimate of drug-likeness (QED) is 0.726. The molecule has 1 heterocycles. The van der Waals surface area contributed by atoms with Gasteiger partial charge in [-0.2, -0.15) is 13.2 Å². The number of hydrogen-bond acceptors (Lipinski definition) is 3. The smallest absolute Gasteiger partial charge is 0.390 e. The largest absolute Gasteiger partial charge is 0.416 e. The summed E-state index contributed by atoms with van der Waals surface area (Å²) in [5, 5.41) is 14.1. The van der Waals surface area contributed by atoms with Crippen LogP contribution in [0.15, 0.2) is 18.2 Å². The Morgan fingerprint density at radius 1 is 1.30 bits per heavy atom. The molecule has 2 atom stereocenters. The van der Waals surface area contributed by atoms with Gasteiger partial charge in [-0.15, -0.1) is 0 Å². The molecule has 0 radical (unpaired) electrons. The van der Waals surface area contributed by atoms with Gasteiger partial charge in [0.1, 0.15) is 5.92 Å². The molecule has 1 aromatic carbocycles. The fourth-order valence-electron chi connectivity index (χ4n) is 2.14. The van der Waals surface area contributed by atoms with Crippen molar-refractivity contribution in [2.45, 2.75) is 33.1 Å². The van der Waals surface area contributed by atoms with E-state index in [9.17, 15) is 27.9 Å². The number of aliphatic hydroxyl groups is 1. The van der Waals surface area contributed by atoms with E-state index in [1.165, 1.54) is 13.0 Å². The van der Waals surface area contributed by atoms with Crippen molar-refractivity contribution in [3.63, 3.8) is 0 Å². The van der Waals surface area contributed by atoms with Gasteiger partial charge in [0.25, 0.3) is 0 Å². The monoisotopic (exact) mass is 332 g/mol. The molecular weight excluding hydrogens is 313 g/mol. The van der Waals surface area contributed by atoms with Crippen LogP contribution in [0.1, 0.15) is 25.0 Å². The standard InChI is InChI=1S/C13H13F3N2O3.C2H6/c1-6-2-7(13(14,15)16)4-8(3-6)18-12(21)10-9(19)5-17-11(10)20;1-2/h2-4,9-10,19H,5H2,1H3,(H,17,20)(H,18,21);1-2H3. The van der Waals surface area contributed by atoms with Crippen molar-refractivity contribution >= 4 is 17.5 Å². The van der Waals surface area contributed by atoms with E-state index in [1.807, 2.05) is 13.8 Å². The van der Waals surface area contributed by atoms with Crippen LogP contribution in [0, 0.1) is 12.8 Å². The van der Waals surface area contributed by atoms with E-state index in [2.05, 4.69) is 10.6 Å². The molecular formula is C15H19F3N2O3. The van der Waals surface area contributed by atoms with Crippen molar-refractivity contribution in [2.24, 2.45) is 5.92 Å². The lowest BCUT2D eigenvalue weighted by molar-refractivity contribution is -0.138. The topological polar surface area (TPSA) is 78.4 Å². The van der Waals surface area contributed by atoms with Crippen LogP contribution in [-0.2, 0) is 15.8 Å². The number of anilines is 1. The van der Waals surface area contributed by atoms with E-state index in [4.69, 9.17) is 0 Å². The Bertz CT molecular complexity index is 588. The maximum atomic E-state index is 12.7. The second kappa shape index (κ2) is 7.45. The van der Waals surface area contributed by atoms with Gasteiger partial charge in [-0.05, 0) is 30.7 Å². The number of aliphatic hydroxyl groups excluding tert-OH is 1. The van der Waals surface area contributed by atoms with Crippen LogP contribution in [0.5, 0.6) is 0 Å². The lowest BCUT2D eigenvalue weighted by atomic mass is 10.0. The highest BCUT2D eigenvalue weighted by Crippen LogP contribution is 2.32. The molecule has 8 heteroatoms. The Morgan fingerprint density at radius 2 is 1.91 bits per heavy atom. The van der Waals surface area contributed by atoms with Crippen LogP contribution in [0.2, 0.25) is 0 Å². The molecule has 0 aromatic heterocycles. The number of rotatable bonds is 2. The van der Waals surface area contributed by atoms with E-state index in [0.717, 1.165) is 12.1 Å². The van der Waals surface area contributed by atoms with Gasteiger partial charge in [-0.1, -0.05) is 13.8 Å². The molecule has 23 heavy (non-hydrogen) atoms. The molecule has 2 rings (SSSR count). The number of carbonyl (C=O) groups excluding carboxylic acids is 2. The number of nitrogens with one attached hydrogen (secondary N) is 2. The first kappa shape index (κ1) is 19.0. The summed E-state index contributed by atoms with van der Waals surface area (Å²) in [6.07, 6.45) is -5.72. The SMILES string of the molecule is CC.Cc1cc(NC(=O)C2C(=O)NCC2O)cc(C(F)(F)F)c1. The minimum absolute atomic E-state index is 0.0570. The number of carbonyl (C=O) groups is 2. The number of β-amino-alcohol motifs (C(OH)–C–C–N with tert-alkyl or cyclic N) is 1. The summed E-state index contributed by atoms with van der Waals surface area (Å²) in [6.45, 7) is 5.40. The minimum Gasteiger partial charge on any atom is -0.390 e. The van der Waals surface area contributed by atoms with Crippen LogP contribution >= 0.6 is 0 Å². The van der Waals surface area contributed by atoms with Gasteiger partial charge < -0.3 is 15.7 Å². The van der Waals surface area contributed by atoms with Crippen LogP contribution in [0.3, 0.4) is 0 Å². The van der Waals surface area contributed by atoms with E-state index >= 15 is 0 Å². The van der Waals surface area contributed by atoms with Crippen LogP contribution in [0.25, 0.3) is 0 Å². The summed E-state index contributed by atoms with van der Waals surface area (Å²) in [6, 6.07) is 3.09. The molecule has 128 valence electrons. The van der Waals surface area contributed by atoms with Gasteiger partial charge in [0.2, 0.25) is 11.8 Å². The number of amides is 2. The van der Waals surface area contributed by atoms with Crippen molar-refractivity contribution < 1.29 is 27.9 Å². The molecule has 1 aromatic rings. The summed E-state index contributed by atoms with van der Waals surface area (Å²) in [5.41, 5.74) is -0.648. The number of alkyl halides is 3. The lowest BCUT2D eigenvalue weighted by Crippen LogP contribution is -2.34. The maximum absolute atomic E-state index is 12.7. The average Bonchev–Trinajstić information content (AvgIpc) is 2.78. The van der Waals surface area contributed by atoms with Crippen molar-refractivity contribution in [1.82, 2.24) is 5.32 Å². The van der Waals surface area contributed by atoms with Gasteiger partial charge >= 0.3 is 6.18 Å². The first-order valence-corrected chi connectivity index (χ1v) is 7.14. The van der Waals surface area contributed by atoms with Gasteiger partial charge in [-0.25, -0.2) is 0 Å². The molecule has 1 aliphatic heterocycles. The normalized spacial score (nSPS) is 20.4. The minimum atomic E-state index is -4.53.